The molecule has 0 spiro atoms. The first-order valence-electron chi connectivity index (χ1n) is 9.05. The summed E-state index contributed by atoms with van der Waals surface area (Å²) < 4.78 is 23.7. The van der Waals surface area contributed by atoms with Crippen molar-refractivity contribution in [1.29, 1.82) is 0 Å². The molecule has 0 saturated carbocycles. The van der Waals surface area contributed by atoms with Gasteiger partial charge in [-0.2, -0.15) is 0 Å². The zero-order valence-electron chi connectivity index (χ0n) is 16.3. The minimum atomic E-state index is -0.304. The first kappa shape index (κ1) is 20.6. The van der Waals surface area contributed by atoms with E-state index < -0.39 is 0 Å². The number of carbonyl (C=O) groups excluding carboxylic acids is 1. The van der Waals surface area contributed by atoms with Gasteiger partial charge in [0, 0.05) is 17.5 Å². The third-order valence-electron chi connectivity index (χ3n) is 4.35. The lowest BCUT2D eigenvalue weighted by atomic mass is 10.1. The van der Waals surface area contributed by atoms with Crippen LogP contribution in [-0.2, 0) is 17.9 Å². The smallest absolute Gasteiger partial charge is 0.247 e. The normalized spacial score (nSPS) is 10.9. The lowest BCUT2D eigenvalue weighted by molar-refractivity contribution is -0.127. The molecule has 0 atom stereocenters. The molecule has 0 radical (unpaired) electrons. The summed E-state index contributed by atoms with van der Waals surface area (Å²) in [6.07, 6.45) is 3.21. The monoisotopic (exact) mass is 411 g/mol. The van der Waals surface area contributed by atoms with Gasteiger partial charge in [0.15, 0.2) is 11.5 Å². The molecule has 3 rings (SSSR count). The van der Waals surface area contributed by atoms with E-state index in [9.17, 15) is 9.18 Å². The number of nitrogens with zero attached hydrogens (tertiary/aromatic N) is 1. The molecule has 150 valence electrons. The second-order valence-electron chi connectivity index (χ2n) is 6.35. The molecule has 0 unspecified atom stereocenters. The number of carbonyl (C=O) groups is 1. The van der Waals surface area contributed by atoms with Gasteiger partial charge in [-0.25, -0.2) is 4.39 Å². The van der Waals surface area contributed by atoms with Crippen molar-refractivity contribution in [3.05, 3.63) is 87.9 Å². The second kappa shape index (κ2) is 9.89. The summed E-state index contributed by atoms with van der Waals surface area (Å²) >= 11 is 1.60. The van der Waals surface area contributed by atoms with Crippen LogP contribution < -0.4 is 9.47 Å². The second-order valence-corrected chi connectivity index (χ2v) is 7.38. The molecule has 0 aliphatic carbocycles. The minimum Gasteiger partial charge on any atom is -0.493 e. The van der Waals surface area contributed by atoms with Gasteiger partial charge in [-0.05, 0) is 52.9 Å². The van der Waals surface area contributed by atoms with Crippen LogP contribution in [0.1, 0.15) is 16.0 Å². The van der Waals surface area contributed by atoms with Crippen molar-refractivity contribution in [2.45, 2.75) is 13.1 Å². The molecule has 3 aromatic rings. The highest BCUT2D eigenvalue weighted by Gasteiger charge is 2.14. The Hall–Kier alpha value is -3.12. The van der Waals surface area contributed by atoms with Crippen LogP contribution in [0, 0.1) is 5.82 Å². The molecule has 0 aliphatic heterocycles. The highest BCUT2D eigenvalue weighted by Crippen LogP contribution is 2.28. The van der Waals surface area contributed by atoms with Gasteiger partial charge in [-0.1, -0.05) is 24.3 Å². The van der Waals surface area contributed by atoms with Crippen molar-refractivity contribution in [3.8, 4) is 11.5 Å². The Morgan fingerprint density at radius 3 is 2.45 bits per heavy atom. The van der Waals surface area contributed by atoms with E-state index in [1.807, 2.05) is 35.7 Å². The molecule has 6 heteroatoms. The maximum atomic E-state index is 13.1. The number of methoxy groups -OCH3 is 2. The third kappa shape index (κ3) is 5.68. The molecular weight excluding hydrogens is 389 g/mol. The maximum absolute atomic E-state index is 13.1. The van der Waals surface area contributed by atoms with Crippen molar-refractivity contribution < 1.29 is 18.7 Å². The van der Waals surface area contributed by atoms with Gasteiger partial charge in [0.05, 0.1) is 20.8 Å². The number of ether oxygens (including phenoxy) is 2. The summed E-state index contributed by atoms with van der Waals surface area (Å²) in [5.74, 6) is 0.831. The highest BCUT2D eigenvalue weighted by molar-refractivity contribution is 7.09. The summed E-state index contributed by atoms with van der Waals surface area (Å²) in [4.78, 5) is 15.8. The van der Waals surface area contributed by atoms with Crippen LogP contribution in [0.3, 0.4) is 0 Å². The molecule has 0 N–H and O–H groups in total. The van der Waals surface area contributed by atoms with Crippen LogP contribution >= 0.6 is 11.3 Å². The molecule has 1 heterocycles. The van der Waals surface area contributed by atoms with E-state index >= 15 is 0 Å². The highest BCUT2D eigenvalue weighted by atomic mass is 32.1. The first-order valence-corrected chi connectivity index (χ1v) is 9.93. The number of rotatable bonds is 8. The van der Waals surface area contributed by atoms with E-state index in [2.05, 4.69) is 0 Å². The van der Waals surface area contributed by atoms with E-state index in [0.717, 1.165) is 16.0 Å². The number of benzene rings is 2. The Morgan fingerprint density at radius 2 is 1.79 bits per heavy atom. The van der Waals surface area contributed by atoms with Gasteiger partial charge in [0.2, 0.25) is 5.91 Å². The lowest BCUT2D eigenvalue weighted by Gasteiger charge is -2.21. The van der Waals surface area contributed by atoms with E-state index in [4.69, 9.17) is 9.47 Å². The van der Waals surface area contributed by atoms with Gasteiger partial charge >= 0.3 is 0 Å². The summed E-state index contributed by atoms with van der Waals surface area (Å²) in [6, 6.07) is 15.6. The molecule has 29 heavy (non-hydrogen) atoms. The van der Waals surface area contributed by atoms with Crippen LogP contribution in [0.15, 0.2) is 66.1 Å². The van der Waals surface area contributed by atoms with Crippen molar-refractivity contribution in [2.24, 2.45) is 0 Å². The minimum absolute atomic E-state index is 0.127. The van der Waals surface area contributed by atoms with E-state index in [1.54, 1.807) is 48.7 Å². The number of halogens is 1. The first-order chi connectivity index (χ1) is 14.1. The Balaban J connectivity index is 1.80. The Morgan fingerprint density at radius 1 is 1.03 bits per heavy atom. The Bertz CT molecular complexity index is 968. The fraction of sp³-hybridized carbons (Fsp3) is 0.174. The van der Waals surface area contributed by atoms with Crippen molar-refractivity contribution in [3.63, 3.8) is 0 Å². The largest absolute Gasteiger partial charge is 0.493 e. The molecule has 2 aromatic carbocycles. The predicted molar refractivity (Wildman–Crippen MR) is 114 cm³/mol. The number of hydrogen-bond donors (Lipinski definition) is 0. The molecule has 1 aromatic heterocycles. The topological polar surface area (TPSA) is 38.8 Å². The van der Waals surface area contributed by atoms with Crippen molar-refractivity contribution in [1.82, 2.24) is 4.90 Å². The SMILES string of the molecule is COc1ccc(CN(Cc2cccs2)C(=O)/C=C/c2ccc(F)cc2)cc1OC. The molecule has 0 fully saturated rings. The number of hydrogen-bond acceptors (Lipinski definition) is 4. The van der Waals surface area contributed by atoms with E-state index in [1.165, 1.54) is 18.2 Å². The lowest BCUT2D eigenvalue weighted by Crippen LogP contribution is -2.28. The molecule has 0 saturated heterocycles. The van der Waals surface area contributed by atoms with Crippen LogP contribution in [0.4, 0.5) is 4.39 Å². The predicted octanol–water partition coefficient (Wildman–Crippen LogP) is 5.15. The number of thiophene rings is 1. The zero-order chi connectivity index (χ0) is 20.6. The average molecular weight is 411 g/mol. The third-order valence-corrected chi connectivity index (χ3v) is 5.21. The van der Waals surface area contributed by atoms with Crippen molar-refractivity contribution >= 4 is 23.3 Å². The molecule has 4 nitrogen and oxygen atoms in total. The Kier molecular flexibility index (Phi) is 7.03. The molecule has 0 aliphatic rings. The standard InChI is InChI=1S/C23H22FNO3S/c1-27-21-11-7-18(14-22(21)28-2)15-25(16-20-4-3-13-29-20)23(26)12-8-17-5-9-19(24)10-6-17/h3-14H,15-16H2,1-2H3/b12-8+. The van der Waals surface area contributed by atoms with Crippen LogP contribution in [0.25, 0.3) is 6.08 Å². The molecule has 1 amide bonds. The fourth-order valence-corrected chi connectivity index (χ4v) is 3.57. The van der Waals surface area contributed by atoms with E-state index in [-0.39, 0.29) is 11.7 Å². The van der Waals surface area contributed by atoms with E-state index in [0.29, 0.717) is 24.6 Å². The quantitative estimate of drug-likeness (QED) is 0.482. The van der Waals surface area contributed by atoms with Gasteiger partial charge < -0.3 is 14.4 Å². The molecule has 0 bridgehead atoms. The summed E-state index contributed by atoms with van der Waals surface area (Å²) in [6.45, 7) is 0.920. The van der Waals surface area contributed by atoms with Crippen LogP contribution in [0.5, 0.6) is 11.5 Å². The van der Waals surface area contributed by atoms with Gasteiger partial charge in [-0.3, -0.25) is 4.79 Å². The van der Waals surface area contributed by atoms with Crippen molar-refractivity contribution in [2.75, 3.05) is 14.2 Å². The fourth-order valence-electron chi connectivity index (χ4n) is 2.85. The van der Waals surface area contributed by atoms with Gasteiger partial charge in [-0.15, -0.1) is 11.3 Å². The number of amides is 1. The van der Waals surface area contributed by atoms with Crippen LogP contribution in [0.2, 0.25) is 0 Å². The zero-order valence-corrected chi connectivity index (χ0v) is 17.1. The Labute approximate surface area is 173 Å². The van der Waals surface area contributed by atoms with Crippen LogP contribution in [-0.4, -0.2) is 25.0 Å². The van der Waals surface area contributed by atoms with Gasteiger partial charge in [0.25, 0.3) is 0 Å². The summed E-state index contributed by atoms with van der Waals surface area (Å²) in [7, 11) is 3.17. The average Bonchev–Trinajstić information content (AvgIpc) is 3.25. The summed E-state index contributed by atoms with van der Waals surface area (Å²) in [5.41, 5.74) is 1.70. The summed E-state index contributed by atoms with van der Waals surface area (Å²) in [5, 5.41) is 1.99. The van der Waals surface area contributed by atoms with Gasteiger partial charge in [0.1, 0.15) is 5.82 Å². The maximum Gasteiger partial charge on any atom is 0.247 e. The molecular formula is C23H22FNO3S.